The van der Waals surface area contributed by atoms with E-state index < -0.39 is 17.7 Å². The number of carbonyl (C=O) groups excluding carboxylic acids is 2. The maximum Gasteiger partial charge on any atom is 0.227 e. The van der Waals surface area contributed by atoms with Gasteiger partial charge in [0.05, 0.1) is 17.1 Å². The van der Waals surface area contributed by atoms with Gasteiger partial charge in [-0.2, -0.15) is 0 Å². The van der Waals surface area contributed by atoms with Crippen LogP contribution >= 0.6 is 0 Å². The molecule has 1 saturated carbocycles. The van der Waals surface area contributed by atoms with Gasteiger partial charge in [0.1, 0.15) is 5.82 Å². The van der Waals surface area contributed by atoms with Crippen LogP contribution in [0.5, 0.6) is 0 Å². The Morgan fingerprint density at radius 1 is 0.973 bits per heavy atom. The van der Waals surface area contributed by atoms with Gasteiger partial charge in [-0.1, -0.05) is 25.3 Å². The van der Waals surface area contributed by atoms with E-state index in [0.29, 0.717) is 41.8 Å². The third-order valence-corrected chi connectivity index (χ3v) is 7.62. The summed E-state index contributed by atoms with van der Waals surface area (Å²) in [5, 5.41) is 0. The van der Waals surface area contributed by atoms with Gasteiger partial charge >= 0.3 is 0 Å². The maximum absolute atomic E-state index is 14.2. The van der Waals surface area contributed by atoms with Crippen molar-refractivity contribution < 1.29 is 18.4 Å². The molecule has 3 aromatic rings. The first-order valence-corrected chi connectivity index (χ1v) is 13.0. The predicted octanol–water partition coefficient (Wildman–Crippen LogP) is 6.36. The first kappa shape index (κ1) is 25.1. The number of rotatable bonds is 5. The Bertz CT molecular complexity index is 1400. The van der Waals surface area contributed by atoms with Gasteiger partial charge in [0.2, 0.25) is 5.91 Å². The molecule has 0 spiro atoms. The van der Waals surface area contributed by atoms with Crippen molar-refractivity contribution in [1.29, 1.82) is 0 Å². The summed E-state index contributed by atoms with van der Waals surface area (Å²) in [7, 11) is 0. The van der Waals surface area contributed by atoms with Crippen molar-refractivity contribution >= 4 is 34.0 Å². The van der Waals surface area contributed by atoms with Crippen molar-refractivity contribution in [1.82, 2.24) is 9.55 Å². The number of amides is 1. The number of aromatic nitrogens is 2. The summed E-state index contributed by atoms with van der Waals surface area (Å²) in [6.45, 7) is 3.20. The van der Waals surface area contributed by atoms with E-state index in [-0.39, 0.29) is 17.7 Å². The first-order chi connectivity index (χ1) is 17.8. The van der Waals surface area contributed by atoms with Crippen molar-refractivity contribution in [3.8, 4) is 0 Å². The molecule has 2 fully saturated rings. The van der Waals surface area contributed by atoms with Crippen LogP contribution < -0.4 is 10.6 Å². The molecule has 1 unspecified atom stereocenters. The van der Waals surface area contributed by atoms with Gasteiger partial charge in [-0.05, 0) is 69.4 Å². The molecule has 2 aliphatic rings. The number of allylic oxidation sites excluding steroid dienone is 2. The molecule has 1 saturated heterocycles. The lowest BCUT2D eigenvalue weighted by atomic mass is 9.93. The minimum Gasteiger partial charge on any atom is -0.402 e. The highest BCUT2D eigenvalue weighted by Crippen LogP contribution is 2.41. The largest absolute Gasteiger partial charge is 0.402 e. The number of fused-ring (bicyclic) bond motifs is 1. The summed E-state index contributed by atoms with van der Waals surface area (Å²) in [5.74, 6) is -1.44. The molecule has 1 atom stereocenters. The molecule has 2 N–H and O–H groups in total. The van der Waals surface area contributed by atoms with Crippen molar-refractivity contribution in [3.63, 3.8) is 0 Å². The van der Waals surface area contributed by atoms with E-state index in [1.54, 1.807) is 11.8 Å². The Balaban J connectivity index is 1.69. The number of ketones is 1. The number of imidazole rings is 1. The zero-order valence-electron chi connectivity index (χ0n) is 21.3. The van der Waals surface area contributed by atoms with E-state index in [4.69, 9.17) is 10.7 Å². The van der Waals surface area contributed by atoms with Gasteiger partial charge in [-0.25, -0.2) is 13.8 Å². The standard InChI is InChI=1S/C29H32F2N4O2/c1-17(32)28(18(2)36)19-11-14-25-24(15-19)33-29(35(25)20-7-4-3-5-8-20)26-9-6-10-27(37)34(26)21-12-13-22(30)23(31)16-21/h11-16,20,26H,3-10,32H2,1-2H3. The molecule has 1 aliphatic heterocycles. The normalized spacial score (nSPS) is 19.8. The summed E-state index contributed by atoms with van der Waals surface area (Å²) >= 11 is 0. The average molecular weight is 507 g/mol. The summed E-state index contributed by atoms with van der Waals surface area (Å²) in [6, 6.07) is 9.18. The van der Waals surface area contributed by atoms with Gasteiger partial charge in [-0.3, -0.25) is 9.59 Å². The second-order valence-corrected chi connectivity index (χ2v) is 10.2. The van der Waals surface area contributed by atoms with Crippen LogP contribution in [0.4, 0.5) is 14.5 Å². The first-order valence-electron chi connectivity index (χ1n) is 13.0. The summed E-state index contributed by atoms with van der Waals surface area (Å²) in [5.41, 5.74) is 9.64. The Morgan fingerprint density at radius 2 is 1.73 bits per heavy atom. The molecule has 1 amide bonds. The molecular formula is C29H32F2N4O2. The van der Waals surface area contributed by atoms with E-state index >= 15 is 0 Å². The molecule has 0 radical (unpaired) electrons. The Hall–Kier alpha value is -3.55. The van der Waals surface area contributed by atoms with Crippen LogP contribution in [-0.4, -0.2) is 21.2 Å². The van der Waals surface area contributed by atoms with Crippen molar-refractivity contribution in [2.24, 2.45) is 5.73 Å². The number of piperidine rings is 1. The minimum absolute atomic E-state index is 0.117. The lowest BCUT2D eigenvalue weighted by molar-refractivity contribution is -0.120. The number of hydrogen-bond acceptors (Lipinski definition) is 4. The molecule has 6 nitrogen and oxygen atoms in total. The van der Waals surface area contributed by atoms with Crippen LogP contribution in [0.3, 0.4) is 0 Å². The fourth-order valence-electron chi connectivity index (χ4n) is 6.01. The molecule has 8 heteroatoms. The van der Waals surface area contributed by atoms with Gasteiger partial charge in [-0.15, -0.1) is 0 Å². The second-order valence-electron chi connectivity index (χ2n) is 10.2. The van der Waals surface area contributed by atoms with Crippen LogP contribution in [0.25, 0.3) is 16.6 Å². The summed E-state index contributed by atoms with van der Waals surface area (Å²) < 4.78 is 30.2. The highest BCUT2D eigenvalue weighted by Gasteiger charge is 2.36. The second kappa shape index (κ2) is 10.1. The lowest BCUT2D eigenvalue weighted by Crippen LogP contribution is -2.40. The highest BCUT2D eigenvalue weighted by atomic mass is 19.2. The van der Waals surface area contributed by atoms with Crippen LogP contribution in [-0.2, 0) is 9.59 Å². The van der Waals surface area contributed by atoms with Crippen LogP contribution in [0, 0.1) is 11.6 Å². The van der Waals surface area contributed by atoms with E-state index in [1.807, 2.05) is 18.2 Å². The molecule has 2 aromatic carbocycles. The fourth-order valence-corrected chi connectivity index (χ4v) is 6.01. The Kier molecular flexibility index (Phi) is 6.84. The third-order valence-electron chi connectivity index (χ3n) is 7.62. The number of halogens is 2. The van der Waals surface area contributed by atoms with Gasteiger partial charge in [0.25, 0.3) is 0 Å². The molecule has 37 heavy (non-hydrogen) atoms. The third kappa shape index (κ3) is 4.65. The van der Waals surface area contributed by atoms with Crippen LogP contribution in [0.1, 0.15) is 88.7 Å². The van der Waals surface area contributed by atoms with Crippen LogP contribution in [0.2, 0.25) is 0 Å². The van der Waals surface area contributed by atoms with E-state index in [1.165, 1.54) is 19.4 Å². The molecular weight excluding hydrogens is 474 g/mol. The number of nitrogens with two attached hydrogens (primary N) is 1. The minimum atomic E-state index is -0.985. The quantitative estimate of drug-likeness (QED) is 0.409. The highest BCUT2D eigenvalue weighted by molar-refractivity contribution is 6.20. The molecule has 2 heterocycles. The predicted molar refractivity (Wildman–Crippen MR) is 140 cm³/mol. The summed E-state index contributed by atoms with van der Waals surface area (Å²) in [4.78, 5) is 32.1. The van der Waals surface area contributed by atoms with Gasteiger partial charge in [0, 0.05) is 35.5 Å². The zero-order chi connectivity index (χ0) is 26.3. The molecule has 194 valence electrons. The van der Waals surface area contributed by atoms with Crippen molar-refractivity contribution in [2.75, 3.05) is 4.90 Å². The summed E-state index contributed by atoms with van der Waals surface area (Å²) in [6.07, 6.45) is 7.11. The maximum atomic E-state index is 14.2. The number of carbonyl (C=O) groups is 2. The molecule has 1 aliphatic carbocycles. The lowest BCUT2D eigenvalue weighted by Gasteiger charge is -2.37. The smallest absolute Gasteiger partial charge is 0.227 e. The SMILES string of the molecule is CC(=O)C(=C(C)N)c1ccc2c(c1)nc(C1CCCC(=O)N1c1ccc(F)c(F)c1)n2C1CCCCC1. The number of Topliss-reactive ketones (excluding diaryl/α,β-unsaturated/α-hetero) is 1. The monoisotopic (exact) mass is 506 g/mol. The zero-order valence-corrected chi connectivity index (χ0v) is 21.3. The van der Waals surface area contributed by atoms with Gasteiger partial charge < -0.3 is 15.2 Å². The molecule has 0 bridgehead atoms. The Morgan fingerprint density at radius 3 is 2.41 bits per heavy atom. The Labute approximate surface area is 215 Å². The number of anilines is 1. The number of benzene rings is 2. The topological polar surface area (TPSA) is 81.2 Å². The van der Waals surface area contributed by atoms with Crippen molar-refractivity contribution in [3.05, 3.63) is 65.1 Å². The number of hydrogen-bond donors (Lipinski definition) is 1. The van der Waals surface area contributed by atoms with Gasteiger partial charge in [0.15, 0.2) is 17.4 Å². The average Bonchev–Trinajstić information content (AvgIpc) is 3.24. The fraction of sp³-hybridized carbons (Fsp3) is 0.414. The number of nitrogens with zero attached hydrogens (tertiary/aromatic N) is 3. The molecule has 1 aromatic heterocycles. The van der Waals surface area contributed by atoms with Crippen molar-refractivity contribution in [2.45, 2.75) is 77.3 Å². The molecule has 5 rings (SSSR count). The van der Waals surface area contributed by atoms with E-state index in [0.717, 1.165) is 54.7 Å². The van der Waals surface area contributed by atoms with Crippen LogP contribution in [0.15, 0.2) is 42.1 Å². The van der Waals surface area contributed by atoms with E-state index in [2.05, 4.69) is 4.57 Å². The van der Waals surface area contributed by atoms with E-state index in [9.17, 15) is 18.4 Å².